The van der Waals surface area contributed by atoms with Gasteiger partial charge in [0, 0.05) is 18.4 Å². The summed E-state index contributed by atoms with van der Waals surface area (Å²) in [7, 11) is 3.29. The number of methoxy groups -OCH3 is 2. The lowest BCUT2D eigenvalue weighted by Crippen LogP contribution is -2.10. The van der Waals surface area contributed by atoms with Crippen molar-refractivity contribution < 1.29 is 14.3 Å². The van der Waals surface area contributed by atoms with Crippen molar-refractivity contribution in [1.29, 1.82) is 0 Å². The number of ether oxygens (including phenoxy) is 2. The fourth-order valence-corrected chi connectivity index (χ4v) is 2.55. The number of carbonyl (C=O) groups excluding carboxylic acids is 1. The van der Waals surface area contributed by atoms with Gasteiger partial charge in [-0.25, -0.2) is 0 Å². The maximum atomic E-state index is 11.6. The number of benzene rings is 1. The summed E-state index contributed by atoms with van der Waals surface area (Å²) in [4.78, 5) is 11.6. The minimum absolute atomic E-state index is 0.0947. The van der Waals surface area contributed by atoms with Gasteiger partial charge in [-0.15, -0.1) is 0 Å². The van der Waals surface area contributed by atoms with Crippen LogP contribution in [0, 0.1) is 5.92 Å². The summed E-state index contributed by atoms with van der Waals surface area (Å²) in [6.07, 6.45) is 1.60. The molecule has 0 heterocycles. The fraction of sp³-hybridized carbons (Fsp3) is 0.500. The van der Waals surface area contributed by atoms with Gasteiger partial charge in [0.2, 0.25) is 0 Å². The van der Waals surface area contributed by atoms with E-state index in [-0.39, 0.29) is 11.8 Å². The molecule has 2 unspecified atom stereocenters. The molecule has 1 aromatic rings. The number of rotatable bonds is 3. The molecule has 0 aliphatic heterocycles. The smallest absolute Gasteiger partial charge is 0.136 e. The van der Waals surface area contributed by atoms with Crippen LogP contribution in [0.2, 0.25) is 0 Å². The van der Waals surface area contributed by atoms with Gasteiger partial charge >= 0.3 is 0 Å². The molecule has 1 aromatic carbocycles. The zero-order valence-electron chi connectivity index (χ0n) is 10.5. The second-order valence-electron chi connectivity index (χ2n) is 4.51. The van der Waals surface area contributed by atoms with Crippen LogP contribution in [-0.4, -0.2) is 20.0 Å². The van der Waals surface area contributed by atoms with Crippen molar-refractivity contribution in [2.75, 3.05) is 14.2 Å². The van der Waals surface area contributed by atoms with Gasteiger partial charge in [0.25, 0.3) is 0 Å². The number of Topliss-reactive ketones (excluding diaryl/α,β-unsaturated/α-hetero) is 1. The van der Waals surface area contributed by atoms with E-state index >= 15 is 0 Å². The van der Waals surface area contributed by atoms with Crippen LogP contribution in [0.25, 0.3) is 0 Å². The van der Waals surface area contributed by atoms with Crippen molar-refractivity contribution in [3.63, 3.8) is 0 Å². The average molecular weight is 234 g/mol. The van der Waals surface area contributed by atoms with Crippen LogP contribution in [0.3, 0.4) is 0 Å². The monoisotopic (exact) mass is 234 g/mol. The van der Waals surface area contributed by atoms with E-state index in [2.05, 4.69) is 0 Å². The molecule has 0 N–H and O–H groups in total. The van der Waals surface area contributed by atoms with Gasteiger partial charge in [-0.1, -0.05) is 13.0 Å². The van der Waals surface area contributed by atoms with Crippen LogP contribution in [-0.2, 0) is 4.79 Å². The van der Waals surface area contributed by atoms with Gasteiger partial charge < -0.3 is 9.47 Å². The average Bonchev–Trinajstić information content (AvgIpc) is 2.69. The van der Waals surface area contributed by atoms with Crippen molar-refractivity contribution in [2.24, 2.45) is 5.92 Å². The minimum atomic E-state index is 0.0947. The van der Waals surface area contributed by atoms with Crippen LogP contribution in [0.1, 0.15) is 31.2 Å². The van der Waals surface area contributed by atoms with E-state index < -0.39 is 0 Å². The first-order valence-electron chi connectivity index (χ1n) is 5.92. The lowest BCUT2D eigenvalue weighted by Gasteiger charge is -2.18. The van der Waals surface area contributed by atoms with Gasteiger partial charge in [0.1, 0.15) is 17.3 Å². The second-order valence-corrected chi connectivity index (χ2v) is 4.51. The molecule has 1 aliphatic rings. The molecule has 2 rings (SSSR count). The van der Waals surface area contributed by atoms with Crippen LogP contribution in [0.15, 0.2) is 18.2 Å². The third-order valence-electron chi connectivity index (χ3n) is 3.65. The van der Waals surface area contributed by atoms with E-state index in [0.29, 0.717) is 12.2 Å². The van der Waals surface area contributed by atoms with Gasteiger partial charge in [-0.3, -0.25) is 4.79 Å². The number of carbonyl (C=O) groups is 1. The molecule has 2 atom stereocenters. The highest BCUT2D eigenvalue weighted by atomic mass is 16.5. The van der Waals surface area contributed by atoms with E-state index in [1.165, 1.54) is 0 Å². The predicted octanol–water partition coefficient (Wildman–Crippen LogP) is 2.79. The predicted molar refractivity (Wildman–Crippen MR) is 65.7 cm³/mol. The molecule has 0 amide bonds. The standard InChI is InChI=1S/C14H18O3/c1-9-11(6-7-13(9)15)12-5-4-10(16-2)8-14(12)17-3/h4-5,8-9,11H,6-7H2,1-3H3. The Morgan fingerprint density at radius 3 is 2.53 bits per heavy atom. The zero-order chi connectivity index (χ0) is 12.4. The second kappa shape index (κ2) is 4.78. The highest BCUT2D eigenvalue weighted by Gasteiger charge is 2.33. The summed E-state index contributed by atoms with van der Waals surface area (Å²) in [5, 5.41) is 0. The van der Waals surface area contributed by atoms with Crippen LogP contribution in [0.4, 0.5) is 0 Å². The molecule has 1 aliphatic carbocycles. The van der Waals surface area contributed by atoms with Crippen molar-refractivity contribution in [1.82, 2.24) is 0 Å². The Labute approximate surface area is 102 Å². The Balaban J connectivity index is 2.35. The van der Waals surface area contributed by atoms with Crippen molar-refractivity contribution in [3.05, 3.63) is 23.8 Å². The topological polar surface area (TPSA) is 35.5 Å². The first-order chi connectivity index (χ1) is 8.17. The summed E-state index contributed by atoms with van der Waals surface area (Å²) in [6, 6.07) is 5.82. The molecule has 0 spiro atoms. The molecule has 3 nitrogen and oxygen atoms in total. The highest BCUT2D eigenvalue weighted by molar-refractivity contribution is 5.84. The van der Waals surface area contributed by atoms with Crippen molar-refractivity contribution >= 4 is 5.78 Å². The molecule has 0 radical (unpaired) electrons. The Hall–Kier alpha value is -1.51. The number of ketones is 1. The van der Waals surface area contributed by atoms with E-state index in [1.54, 1.807) is 14.2 Å². The Bertz CT molecular complexity index is 425. The minimum Gasteiger partial charge on any atom is -0.497 e. The molecule has 17 heavy (non-hydrogen) atoms. The lowest BCUT2D eigenvalue weighted by atomic mass is 9.89. The van der Waals surface area contributed by atoms with E-state index in [0.717, 1.165) is 23.5 Å². The van der Waals surface area contributed by atoms with Gasteiger partial charge in [-0.2, -0.15) is 0 Å². The highest BCUT2D eigenvalue weighted by Crippen LogP contribution is 2.42. The third kappa shape index (κ3) is 2.14. The van der Waals surface area contributed by atoms with Gasteiger partial charge in [0.15, 0.2) is 0 Å². The van der Waals surface area contributed by atoms with Crippen LogP contribution < -0.4 is 9.47 Å². The molecular weight excluding hydrogens is 216 g/mol. The first-order valence-corrected chi connectivity index (χ1v) is 5.92. The summed E-state index contributed by atoms with van der Waals surface area (Å²) >= 11 is 0. The van der Waals surface area contributed by atoms with E-state index in [1.807, 2.05) is 25.1 Å². The van der Waals surface area contributed by atoms with Gasteiger partial charge in [0.05, 0.1) is 14.2 Å². The zero-order valence-corrected chi connectivity index (χ0v) is 10.5. The normalized spacial score (nSPS) is 23.8. The van der Waals surface area contributed by atoms with Crippen molar-refractivity contribution in [2.45, 2.75) is 25.7 Å². The van der Waals surface area contributed by atoms with Crippen LogP contribution >= 0.6 is 0 Å². The molecule has 1 fully saturated rings. The third-order valence-corrected chi connectivity index (χ3v) is 3.65. The van der Waals surface area contributed by atoms with Gasteiger partial charge in [-0.05, 0) is 24.0 Å². The maximum absolute atomic E-state index is 11.6. The fourth-order valence-electron chi connectivity index (χ4n) is 2.55. The Morgan fingerprint density at radius 2 is 2.00 bits per heavy atom. The number of hydrogen-bond acceptors (Lipinski definition) is 3. The molecule has 3 heteroatoms. The van der Waals surface area contributed by atoms with E-state index in [4.69, 9.17) is 9.47 Å². The molecule has 0 aromatic heterocycles. The van der Waals surface area contributed by atoms with E-state index in [9.17, 15) is 4.79 Å². The number of hydrogen-bond donors (Lipinski definition) is 0. The molecule has 0 bridgehead atoms. The summed E-state index contributed by atoms with van der Waals surface area (Å²) in [6.45, 7) is 2.00. The lowest BCUT2D eigenvalue weighted by molar-refractivity contribution is -0.120. The molecular formula is C14H18O3. The molecule has 0 saturated heterocycles. The maximum Gasteiger partial charge on any atom is 0.136 e. The van der Waals surface area contributed by atoms with Crippen molar-refractivity contribution in [3.8, 4) is 11.5 Å². The molecule has 92 valence electrons. The summed E-state index contributed by atoms with van der Waals surface area (Å²) in [5.41, 5.74) is 1.12. The summed E-state index contributed by atoms with van der Waals surface area (Å²) < 4.78 is 10.6. The largest absolute Gasteiger partial charge is 0.497 e. The first kappa shape index (κ1) is 12.0. The SMILES string of the molecule is COc1ccc(C2CCC(=O)C2C)c(OC)c1. The quantitative estimate of drug-likeness (QED) is 0.806. The van der Waals surface area contributed by atoms with Crippen LogP contribution in [0.5, 0.6) is 11.5 Å². The Morgan fingerprint density at radius 1 is 1.24 bits per heavy atom. The Kier molecular flexibility index (Phi) is 3.36. The molecule has 1 saturated carbocycles. The summed E-state index contributed by atoms with van der Waals surface area (Å²) in [5.74, 6) is 2.33.